The van der Waals surface area contributed by atoms with Crippen molar-refractivity contribution in [2.75, 3.05) is 6.61 Å². The van der Waals surface area contributed by atoms with Gasteiger partial charge in [-0.3, -0.25) is 9.59 Å². The quantitative estimate of drug-likeness (QED) is 0.746. The summed E-state index contributed by atoms with van der Waals surface area (Å²) in [6.45, 7) is 1.88. The molecule has 0 atom stereocenters. The number of benzene rings is 1. The van der Waals surface area contributed by atoms with Crippen LogP contribution in [0.25, 0.3) is 0 Å². The summed E-state index contributed by atoms with van der Waals surface area (Å²) < 4.78 is 6.23. The molecular formula is C15H15NO4. The normalized spacial score (nSPS) is 10.1. The number of pyridine rings is 1. The monoisotopic (exact) mass is 273 g/mol. The smallest absolute Gasteiger partial charge is 0.325 e. The molecule has 0 N–H and O–H groups in total. The number of carbonyl (C=O) groups excluding carboxylic acids is 1. The van der Waals surface area contributed by atoms with E-state index in [-0.39, 0.29) is 19.0 Å². The molecule has 0 aliphatic rings. The maximum Gasteiger partial charge on any atom is 0.325 e. The summed E-state index contributed by atoms with van der Waals surface area (Å²) >= 11 is 0. The summed E-state index contributed by atoms with van der Waals surface area (Å²) in [7, 11) is 0. The summed E-state index contributed by atoms with van der Waals surface area (Å²) in [6.07, 6.45) is 0.592. The fourth-order valence-electron chi connectivity index (χ4n) is 1.70. The summed E-state index contributed by atoms with van der Waals surface area (Å²) in [5, 5.41) is 0. The molecule has 5 heteroatoms. The molecule has 104 valence electrons. The highest BCUT2D eigenvalue weighted by molar-refractivity contribution is 5.51. The first kappa shape index (κ1) is 13.9. The van der Waals surface area contributed by atoms with Crippen molar-refractivity contribution in [2.45, 2.75) is 13.5 Å². The van der Waals surface area contributed by atoms with Crippen LogP contribution in [0.1, 0.15) is 11.3 Å². The van der Waals surface area contributed by atoms with Crippen LogP contribution < -0.4 is 15.1 Å². The van der Waals surface area contributed by atoms with Gasteiger partial charge in [-0.2, -0.15) is 0 Å². The number of nitrogens with zero attached hydrogens (tertiary/aromatic N) is 1. The minimum Gasteiger partial charge on any atom is -0.480 e. The Bertz CT molecular complexity index is 634. The molecule has 0 amide bonds. The molecule has 0 aliphatic heterocycles. The Balaban J connectivity index is 2.18. The van der Waals surface area contributed by atoms with Crippen molar-refractivity contribution in [3.63, 3.8) is 0 Å². The highest BCUT2D eigenvalue weighted by Gasteiger charge is 2.08. The molecule has 0 saturated heterocycles. The van der Waals surface area contributed by atoms with E-state index in [4.69, 9.17) is 9.57 Å². The van der Waals surface area contributed by atoms with Crippen molar-refractivity contribution in [1.29, 1.82) is 0 Å². The van der Waals surface area contributed by atoms with Gasteiger partial charge in [0.2, 0.25) is 0 Å². The van der Waals surface area contributed by atoms with Gasteiger partial charge in [0.15, 0.2) is 12.0 Å². The second-order valence-corrected chi connectivity index (χ2v) is 4.18. The van der Waals surface area contributed by atoms with Crippen LogP contribution in [0.5, 0.6) is 5.75 Å². The van der Waals surface area contributed by atoms with Crippen LogP contribution in [0.4, 0.5) is 0 Å². The molecule has 5 nitrogen and oxygen atoms in total. The van der Waals surface area contributed by atoms with Crippen LogP contribution in [0.2, 0.25) is 0 Å². The Labute approximate surface area is 116 Å². The first-order valence-corrected chi connectivity index (χ1v) is 6.18. The molecule has 1 aromatic heterocycles. The summed E-state index contributed by atoms with van der Waals surface area (Å²) in [5.41, 5.74) is 1.20. The molecule has 0 aliphatic carbocycles. The van der Waals surface area contributed by atoms with Gasteiger partial charge in [-0.15, -0.1) is 4.73 Å². The molecular weight excluding hydrogens is 258 g/mol. The van der Waals surface area contributed by atoms with E-state index in [1.807, 2.05) is 30.3 Å². The van der Waals surface area contributed by atoms with Gasteiger partial charge in [-0.05, 0) is 24.6 Å². The average molecular weight is 273 g/mol. The van der Waals surface area contributed by atoms with Gasteiger partial charge in [0, 0.05) is 0 Å². The maximum absolute atomic E-state index is 12.1. The van der Waals surface area contributed by atoms with Gasteiger partial charge in [0.25, 0.3) is 0 Å². The molecule has 0 radical (unpaired) electrons. The third kappa shape index (κ3) is 3.26. The zero-order valence-corrected chi connectivity index (χ0v) is 11.1. The van der Waals surface area contributed by atoms with Crippen LogP contribution in [-0.2, 0) is 11.4 Å². The van der Waals surface area contributed by atoms with E-state index in [2.05, 4.69) is 0 Å². The zero-order valence-electron chi connectivity index (χ0n) is 11.1. The molecule has 0 spiro atoms. The van der Waals surface area contributed by atoms with Crippen molar-refractivity contribution >= 4 is 6.29 Å². The van der Waals surface area contributed by atoms with Crippen LogP contribution in [-0.4, -0.2) is 17.6 Å². The number of aldehydes is 1. The lowest BCUT2D eigenvalue weighted by Crippen LogP contribution is -2.29. The van der Waals surface area contributed by atoms with Crippen molar-refractivity contribution in [3.8, 4) is 5.75 Å². The third-order valence-electron chi connectivity index (χ3n) is 2.70. The first-order valence-electron chi connectivity index (χ1n) is 6.18. The fourth-order valence-corrected chi connectivity index (χ4v) is 1.70. The Morgan fingerprint density at radius 3 is 2.60 bits per heavy atom. The van der Waals surface area contributed by atoms with Gasteiger partial charge in [-0.25, -0.2) is 0 Å². The highest BCUT2D eigenvalue weighted by atomic mass is 16.7. The number of rotatable bonds is 6. The number of aryl methyl sites for hydroxylation is 1. The second-order valence-electron chi connectivity index (χ2n) is 4.18. The summed E-state index contributed by atoms with van der Waals surface area (Å²) in [6, 6.07) is 12.8. The SMILES string of the molecule is Cc1ccc(OCC=O)c(=O)n1OCc1ccccc1. The van der Waals surface area contributed by atoms with Gasteiger partial charge in [-0.1, -0.05) is 30.3 Å². The fraction of sp³-hybridized carbons (Fsp3) is 0.200. The topological polar surface area (TPSA) is 57.5 Å². The van der Waals surface area contributed by atoms with Crippen molar-refractivity contribution in [2.24, 2.45) is 0 Å². The molecule has 0 unspecified atom stereocenters. The largest absolute Gasteiger partial charge is 0.480 e. The second kappa shape index (κ2) is 6.56. The van der Waals surface area contributed by atoms with E-state index in [1.165, 1.54) is 10.8 Å². The van der Waals surface area contributed by atoms with E-state index in [0.29, 0.717) is 12.0 Å². The average Bonchev–Trinajstić information content (AvgIpc) is 2.47. The van der Waals surface area contributed by atoms with Crippen LogP contribution >= 0.6 is 0 Å². The van der Waals surface area contributed by atoms with Crippen LogP contribution in [0.3, 0.4) is 0 Å². The summed E-state index contributed by atoms with van der Waals surface area (Å²) in [4.78, 5) is 27.9. The lowest BCUT2D eigenvalue weighted by atomic mass is 10.2. The summed E-state index contributed by atoms with van der Waals surface area (Å²) in [5.74, 6) is 0.0933. The Hall–Kier alpha value is -2.56. The molecule has 0 fully saturated rings. The lowest BCUT2D eigenvalue weighted by molar-refractivity contribution is -0.109. The van der Waals surface area contributed by atoms with Crippen LogP contribution in [0.15, 0.2) is 47.3 Å². The lowest BCUT2D eigenvalue weighted by Gasteiger charge is -2.13. The number of hydrogen-bond acceptors (Lipinski definition) is 4. The molecule has 2 aromatic rings. The third-order valence-corrected chi connectivity index (χ3v) is 2.70. The van der Waals surface area contributed by atoms with Crippen LogP contribution in [0, 0.1) is 6.92 Å². The van der Waals surface area contributed by atoms with E-state index >= 15 is 0 Å². The first-order chi connectivity index (χ1) is 9.72. The van der Waals surface area contributed by atoms with Gasteiger partial charge < -0.3 is 9.57 Å². The number of carbonyl (C=O) groups is 1. The Kier molecular flexibility index (Phi) is 4.55. The zero-order chi connectivity index (χ0) is 14.4. The standard InChI is InChI=1S/C15H15NO4/c1-12-7-8-14(19-10-9-17)15(18)16(12)20-11-13-5-3-2-4-6-13/h2-9H,10-11H2,1H3. The molecule has 1 aromatic carbocycles. The Morgan fingerprint density at radius 2 is 1.90 bits per heavy atom. The minimum atomic E-state index is -0.414. The highest BCUT2D eigenvalue weighted by Crippen LogP contribution is 2.05. The number of hydrogen-bond donors (Lipinski definition) is 0. The van der Waals surface area contributed by atoms with Gasteiger partial charge >= 0.3 is 5.56 Å². The van der Waals surface area contributed by atoms with E-state index < -0.39 is 5.56 Å². The molecule has 0 saturated carbocycles. The van der Waals surface area contributed by atoms with Gasteiger partial charge in [0.05, 0.1) is 5.69 Å². The van der Waals surface area contributed by atoms with Crippen molar-refractivity contribution in [3.05, 3.63) is 64.1 Å². The Morgan fingerprint density at radius 1 is 1.15 bits per heavy atom. The number of ether oxygens (including phenoxy) is 1. The van der Waals surface area contributed by atoms with Gasteiger partial charge in [0.1, 0.15) is 13.2 Å². The van der Waals surface area contributed by atoms with E-state index in [0.717, 1.165) is 5.56 Å². The predicted molar refractivity (Wildman–Crippen MR) is 73.7 cm³/mol. The molecule has 0 bridgehead atoms. The predicted octanol–water partition coefficient (Wildman–Crippen LogP) is 1.36. The molecule has 20 heavy (non-hydrogen) atoms. The van der Waals surface area contributed by atoms with Crippen molar-refractivity contribution in [1.82, 2.24) is 4.73 Å². The minimum absolute atomic E-state index is 0.0933. The van der Waals surface area contributed by atoms with E-state index in [9.17, 15) is 9.59 Å². The maximum atomic E-state index is 12.1. The molecule has 2 rings (SSSR count). The van der Waals surface area contributed by atoms with Crippen molar-refractivity contribution < 1.29 is 14.4 Å². The number of aromatic nitrogens is 1. The molecule has 1 heterocycles. The van der Waals surface area contributed by atoms with E-state index in [1.54, 1.807) is 13.0 Å².